The monoisotopic (exact) mass is 282 g/mol. The molecular formula is C17H34N2O. The summed E-state index contributed by atoms with van der Waals surface area (Å²) in [6.45, 7) is 13.4. The van der Waals surface area contributed by atoms with Gasteiger partial charge in [0, 0.05) is 25.7 Å². The van der Waals surface area contributed by atoms with Crippen molar-refractivity contribution in [3.8, 4) is 0 Å². The van der Waals surface area contributed by atoms with Gasteiger partial charge in [-0.3, -0.25) is 4.90 Å². The highest BCUT2D eigenvalue weighted by Gasteiger charge is 2.34. The molecule has 118 valence electrons. The minimum atomic E-state index is 0.00263. The summed E-state index contributed by atoms with van der Waals surface area (Å²) in [5.41, 5.74) is 0.00263. The highest BCUT2D eigenvalue weighted by molar-refractivity contribution is 4.88. The Kier molecular flexibility index (Phi) is 5.88. The molecule has 1 aliphatic heterocycles. The van der Waals surface area contributed by atoms with Gasteiger partial charge in [-0.05, 0) is 52.5 Å². The molecule has 0 aromatic carbocycles. The number of nitrogens with zero attached hydrogens (tertiary/aromatic N) is 1. The average Bonchev–Trinajstić information content (AvgIpc) is 2.85. The summed E-state index contributed by atoms with van der Waals surface area (Å²) in [6, 6.07) is 0.679. The van der Waals surface area contributed by atoms with Crippen molar-refractivity contribution < 1.29 is 4.74 Å². The predicted molar refractivity (Wildman–Crippen MR) is 85.1 cm³/mol. The van der Waals surface area contributed by atoms with Gasteiger partial charge in [-0.1, -0.05) is 19.8 Å². The van der Waals surface area contributed by atoms with E-state index in [1.54, 1.807) is 0 Å². The fourth-order valence-corrected chi connectivity index (χ4v) is 4.07. The third kappa shape index (κ3) is 4.71. The van der Waals surface area contributed by atoms with Gasteiger partial charge in [0.05, 0.1) is 11.7 Å². The summed E-state index contributed by atoms with van der Waals surface area (Å²) in [5, 5.41) is 3.82. The fourth-order valence-electron chi connectivity index (χ4n) is 4.07. The number of ether oxygens (including phenoxy) is 1. The zero-order chi connectivity index (χ0) is 14.6. The van der Waals surface area contributed by atoms with E-state index in [-0.39, 0.29) is 5.60 Å². The molecule has 2 fully saturated rings. The van der Waals surface area contributed by atoms with Crippen LogP contribution in [-0.4, -0.2) is 48.8 Å². The fraction of sp³-hybridized carbons (Fsp3) is 1.00. The summed E-state index contributed by atoms with van der Waals surface area (Å²) >= 11 is 0. The Hall–Kier alpha value is -0.120. The smallest absolute Gasteiger partial charge is 0.0757 e. The van der Waals surface area contributed by atoms with Crippen molar-refractivity contribution in [2.24, 2.45) is 5.92 Å². The Morgan fingerprint density at radius 1 is 1.30 bits per heavy atom. The summed E-state index contributed by atoms with van der Waals surface area (Å²) in [5.74, 6) is 0.891. The van der Waals surface area contributed by atoms with Crippen molar-refractivity contribution >= 4 is 0 Å². The molecule has 0 radical (unpaired) electrons. The average molecular weight is 282 g/mol. The lowest BCUT2D eigenvalue weighted by molar-refractivity contribution is -0.130. The van der Waals surface area contributed by atoms with Crippen LogP contribution in [0.4, 0.5) is 0 Å². The van der Waals surface area contributed by atoms with Crippen molar-refractivity contribution in [2.45, 2.75) is 77.5 Å². The van der Waals surface area contributed by atoms with E-state index >= 15 is 0 Å². The lowest BCUT2D eigenvalue weighted by atomic mass is 9.96. The second-order valence-corrected chi connectivity index (χ2v) is 7.49. The Morgan fingerprint density at radius 2 is 2.00 bits per heavy atom. The molecule has 1 N–H and O–H groups in total. The number of hydrogen-bond donors (Lipinski definition) is 1. The lowest BCUT2D eigenvalue weighted by Gasteiger charge is -2.43. The van der Waals surface area contributed by atoms with E-state index in [2.05, 4.69) is 37.9 Å². The maximum atomic E-state index is 6.03. The van der Waals surface area contributed by atoms with E-state index < -0.39 is 0 Å². The van der Waals surface area contributed by atoms with E-state index in [0.717, 1.165) is 25.6 Å². The lowest BCUT2D eigenvalue weighted by Crippen LogP contribution is -2.56. The largest absolute Gasteiger partial charge is 0.370 e. The first kappa shape index (κ1) is 16.3. The van der Waals surface area contributed by atoms with E-state index in [4.69, 9.17) is 4.74 Å². The Labute approximate surface area is 125 Å². The molecule has 1 saturated heterocycles. The van der Waals surface area contributed by atoms with Gasteiger partial charge in [0.2, 0.25) is 0 Å². The van der Waals surface area contributed by atoms with Gasteiger partial charge in [-0.15, -0.1) is 0 Å². The van der Waals surface area contributed by atoms with Crippen LogP contribution in [-0.2, 0) is 4.74 Å². The molecule has 0 aromatic rings. The van der Waals surface area contributed by atoms with Crippen LogP contribution in [0.2, 0.25) is 0 Å². The summed E-state index contributed by atoms with van der Waals surface area (Å²) in [4.78, 5) is 2.62. The van der Waals surface area contributed by atoms with Crippen LogP contribution in [0, 0.1) is 5.92 Å². The van der Waals surface area contributed by atoms with Crippen LogP contribution >= 0.6 is 0 Å². The van der Waals surface area contributed by atoms with Crippen LogP contribution in [0.15, 0.2) is 0 Å². The van der Waals surface area contributed by atoms with Crippen LogP contribution in [0.25, 0.3) is 0 Å². The molecule has 3 nitrogen and oxygen atoms in total. The molecule has 1 aliphatic carbocycles. The standard InChI is InChI=1S/C17H34N2O/c1-5-10-18-16(15-8-6-7-9-15)12-19-11-14(2)20-17(3,4)13-19/h14-16,18H,5-13H2,1-4H3. The highest BCUT2D eigenvalue weighted by atomic mass is 16.5. The van der Waals surface area contributed by atoms with E-state index in [0.29, 0.717) is 12.1 Å². The number of morpholine rings is 1. The highest BCUT2D eigenvalue weighted by Crippen LogP contribution is 2.29. The molecule has 0 amide bonds. The molecule has 1 heterocycles. The van der Waals surface area contributed by atoms with Gasteiger partial charge >= 0.3 is 0 Å². The SMILES string of the molecule is CCCNC(CN1CC(C)OC(C)(C)C1)C1CCCC1. The quantitative estimate of drug-likeness (QED) is 0.810. The third-order valence-electron chi connectivity index (χ3n) is 4.72. The number of rotatable bonds is 6. The normalized spacial score (nSPS) is 29.7. The van der Waals surface area contributed by atoms with Crippen LogP contribution in [0.5, 0.6) is 0 Å². The van der Waals surface area contributed by atoms with E-state index in [1.807, 2.05) is 0 Å². The zero-order valence-corrected chi connectivity index (χ0v) is 14.0. The molecule has 0 spiro atoms. The maximum Gasteiger partial charge on any atom is 0.0757 e. The molecule has 2 unspecified atom stereocenters. The molecule has 0 bridgehead atoms. The van der Waals surface area contributed by atoms with Gasteiger partial charge < -0.3 is 10.1 Å². The van der Waals surface area contributed by atoms with Gasteiger partial charge in [-0.2, -0.15) is 0 Å². The Morgan fingerprint density at radius 3 is 2.60 bits per heavy atom. The van der Waals surface area contributed by atoms with Crippen molar-refractivity contribution in [1.29, 1.82) is 0 Å². The molecular weight excluding hydrogens is 248 g/mol. The van der Waals surface area contributed by atoms with E-state index in [9.17, 15) is 0 Å². The number of hydrogen-bond acceptors (Lipinski definition) is 3. The Balaban J connectivity index is 1.91. The van der Waals surface area contributed by atoms with Crippen molar-refractivity contribution in [2.75, 3.05) is 26.2 Å². The maximum absolute atomic E-state index is 6.03. The summed E-state index contributed by atoms with van der Waals surface area (Å²) < 4.78 is 6.03. The molecule has 2 atom stereocenters. The molecule has 3 heteroatoms. The third-order valence-corrected chi connectivity index (χ3v) is 4.72. The second-order valence-electron chi connectivity index (χ2n) is 7.49. The zero-order valence-electron chi connectivity index (χ0n) is 14.0. The van der Waals surface area contributed by atoms with Crippen molar-refractivity contribution in [1.82, 2.24) is 10.2 Å². The summed E-state index contributed by atoms with van der Waals surface area (Å²) in [7, 11) is 0. The van der Waals surface area contributed by atoms with Gasteiger partial charge in [-0.25, -0.2) is 0 Å². The second kappa shape index (κ2) is 7.24. The minimum Gasteiger partial charge on any atom is -0.370 e. The van der Waals surface area contributed by atoms with E-state index in [1.165, 1.54) is 38.6 Å². The minimum absolute atomic E-state index is 0.00263. The first-order valence-electron chi connectivity index (χ1n) is 8.64. The van der Waals surface area contributed by atoms with Crippen molar-refractivity contribution in [3.05, 3.63) is 0 Å². The van der Waals surface area contributed by atoms with Crippen LogP contribution in [0.3, 0.4) is 0 Å². The van der Waals surface area contributed by atoms with Gasteiger partial charge in [0.25, 0.3) is 0 Å². The van der Waals surface area contributed by atoms with Crippen LogP contribution in [0.1, 0.15) is 59.8 Å². The van der Waals surface area contributed by atoms with Gasteiger partial charge in [0.15, 0.2) is 0 Å². The molecule has 0 aromatic heterocycles. The Bertz CT molecular complexity index is 287. The predicted octanol–water partition coefficient (Wildman–Crippen LogP) is 3.04. The number of nitrogens with one attached hydrogen (secondary N) is 1. The topological polar surface area (TPSA) is 24.5 Å². The molecule has 20 heavy (non-hydrogen) atoms. The first-order valence-corrected chi connectivity index (χ1v) is 8.64. The molecule has 2 rings (SSSR count). The summed E-state index contributed by atoms with van der Waals surface area (Å²) in [6.07, 6.45) is 7.29. The van der Waals surface area contributed by atoms with Crippen molar-refractivity contribution in [3.63, 3.8) is 0 Å². The molecule has 2 aliphatic rings. The molecule has 1 saturated carbocycles. The van der Waals surface area contributed by atoms with Crippen LogP contribution < -0.4 is 5.32 Å². The first-order chi connectivity index (χ1) is 9.50. The van der Waals surface area contributed by atoms with Gasteiger partial charge in [0.1, 0.15) is 0 Å².